The summed E-state index contributed by atoms with van der Waals surface area (Å²) in [5, 5.41) is 13.6. The number of carbonyl (C=O) groups excluding carboxylic acids is 2. The molecule has 0 aliphatic heterocycles. The number of amides is 2. The smallest absolute Gasteiger partial charge is 0.327 e. The standard InChI is InChI=1S/C12H24N4O4S2/c13-4-2-1-3-7(14)10(17)15-8(5-21)11(18)16-9(6-22)12(19)20/h7-9,21-22H,1-6,13-14H2,(H,15,17)(H,16,18)(H,19,20). The van der Waals surface area contributed by atoms with Gasteiger partial charge in [-0.3, -0.25) is 9.59 Å². The van der Waals surface area contributed by atoms with E-state index in [4.69, 9.17) is 16.6 Å². The zero-order chi connectivity index (χ0) is 17.1. The lowest BCUT2D eigenvalue weighted by molar-refractivity contribution is -0.141. The highest BCUT2D eigenvalue weighted by Crippen LogP contribution is 2.00. The summed E-state index contributed by atoms with van der Waals surface area (Å²) in [6.07, 6.45) is 1.93. The first kappa shape index (κ1) is 21.0. The van der Waals surface area contributed by atoms with Crippen LogP contribution in [-0.2, 0) is 14.4 Å². The molecule has 0 aromatic heterocycles. The van der Waals surface area contributed by atoms with Gasteiger partial charge in [-0.05, 0) is 19.4 Å². The van der Waals surface area contributed by atoms with Crippen LogP contribution in [0.3, 0.4) is 0 Å². The summed E-state index contributed by atoms with van der Waals surface area (Å²) in [6, 6.07) is -2.84. The zero-order valence-electron chi connectivity index (χ0n) is 12.2. The highest BCUT2D eigenvalue weighted by molar-refractivity contribution is 7.80. The van der Waals surface area contributed by atoms with Crippen LogP contribution in [-0.4, -0.2) is 59.1 Å². The van der Waals surface area contributed by atoms with Crippen LogP contribution in [0.4, 0.5) is 0 Å². The van der Waals surface area contributed by atoms with Crippen LogP contribution >= 0.6 is 25.3 Å². The first-order valence-corrected chi connectivity index (χ1v) is 8.14. The third kappa shape index (κ3) is 7.87. The Morgan fingerprint density at radius 1 is 1.00 bits per heavy atom. The molecular weight excluding hydrogens is 328 g/mol. The van der Waals surface area contributed by atoms with Gasteiger partial charge in [0.1, 0.15) is 12.1 Å². The molecule has 0 aliphatic rings. The van der Waals surface area contributed by atoms with Gasteiger partial charge in [-0.2, -0.15) is 25.3 Å². The number of unbranched alkanes of at least 4 members (excludes halogenated alkanes) is 1. The molecule has 10 heteroatoms. The molecule has 0 aromatic rings. The number of carboxylic acids is 1. The van der Waals surface area contributed by atoms with Gasteiger partial charge in [0.05, 0.1) is 6.04 Å². The van der Waals surface area contributed by atoms with Crippen molar-refractivity contribution in [1.29, 1.82) is 0 Å². The Bertz CT molecular complexity index is 384. The number of rotatable bonds is 11. The normalized spacial score (nSPS) is 14.7. The number of carboxylic acid groups (broad SMARTS) is 1. The van der Waals surface area contributed by atoms with Crippen molar-refractivity contribution >= 4 is 43.0 Å². The van der Waals surface area contributed by atoms with Gasteiger partial charge in [-0.1, -0.05) is 6.42 Å². The molecule has 2 amide bonds. The Morgan fingerprint density at radius 2 is 1.55 bits per heavy atom. The highest BCUT2D eigenvalue weighted by atomic mass is 32.1. The average Bonchev–Trinajstić information content (AvgIpc) is 2.49. The van der Waals surface area contributed by atoms with E-state index >= 15 is 0 Å². The maximum atomic E-state index is 11.9. The Labute approximate surface area is 140 Å². The van der Waals surface area contributed by atoms with Crippen molar-refractivity contribution in [3.63, 3.8) is 0 Å². The van der Waals surface area contributed by atoms with Crippen molar-refractivity contribution in [1.82, 2.24) is 10.6 Å². The van der Waals surface area contributed by atoms with Gasteiger partial charge < -0.3 is 27.2 Å². The van der Waals surface area contributed by atoms with Crippen molar-refractivity contribution in [2.75, 3.05) is 18.1 Å². The van der Waals surface area contributed by atoms with Crippen LogP contribution in [0.5, 0.6) is 0 Å². The fraction of sp³-hybridized carbons (Fsp3) is 0.750. The molecule has 0 aromatic carbocycles. The summed E-state index contributed by atoms with van der Waals surface area (Å²) in [5.74, 6) is -2.37. The lowest BCUT2D eigenvalue weighted by atomic mass is 10.1. The maximum absolute atomic E-state index is 11.9. The second-order valence-corrected chi connectivity index (χ2v) is 5.45. The fourth-order valence-electron chi connectivity index (χ4n) is 1.57. The van der Waals surface area contributed by atoms with Crippen molar-refractivity contribution in [3.8, 4) is 0 Å². The van der Waals surface area contributed by atoms with Crippen LogP contribution in [0.15, 0.2) is 0 Å². The van der Waals surface area contributed by atoms with Crippen LogP contribution in [0.2, 0.25) is 0 Å². The summed E-state index contributed by atoms with van der Waals surface area (Å²) >= 11 is 7.83. The predicted molar refractivity (Wildman–Crippen MR) is 90.1 cm³/mol. The quantitative estimate of drug-likeness (QED) is 0.175. The Kier molecular flexibility index (Phi) is 11.1. The van der Waals surface area contributed by atoms with Crippen LogP contribution in [0.1, 0.15) is 19.3 Å². The molecule has 7 N–H and O–H groups in total. The van der Waals surface area contributed by atoms with E-state index < -0.39 is 35.9 Å². The van der Waals surface area contributed by atoms with E-state index in [1.807, 2.05) is 0 Å². The number of nitrogens with one attached hydrogen (secondary N) is 2. The molecule has 0 radical (unpaired) electrons. The molecule has 22 heavy (non-hydrogen) atoms. The summed E-state index contributed by atoms with van der Waals surface area (Å²) in [6.45, 7) is 0.524. The third-order valence-electron chi connectivity index (χ3n) is 2.92. The van der Waals surface area contributed by atoms with Gasteiger partial charge in [0.25, 0.3) is 0 Å². The van der Waals surface area contributed by atoms with E-state index in [1.165, 1.54) is 0 Å². The van der Waals surface area contributed by atoms with E-state index in [1.54, 1.807) is 0 Å². The number of aliphatic carboxylic acids is 1. The Morgan fingerprint density at radius 3 is 2.00 bits per heavy atom. The maximum Gasteiger partial charge on any atom is 0.327 e. The summed E-state index contributed by atoms with van der Waals surface area (Å²) < 4.78 is 0. The van der Waals surface area contributed by atoms with Gasteiger partial charge >= 0.3 is 5.97 Å². The monoisotopic (exact) mass is 352 g/mol. The summed E-state index contributed by atoms with van der Waals surface area (Å²) in [5.41, 5.74) is 11.1. The van der Waals surface area contributed by atoms with Crippen LogP contribution in [0, 0.1) is 0 Å². The lowest BCUT2D eigenvalue weighted by Gasteiger charge is -2.21. The van der Waals surface area contributed by atoms with E-state index in [9.17, 15) is 14.4 Å². The summed E-state index contributed by atoms with van der Waals surface area (Å²) in [4.78, 5) is 34.7. The highest BCUT2D eigenvalue weighted by Gasteiger charge is 2.26. The van der Waals surface area contributed by atoms with Gasteiger partial charge in [0.15, 0.2) is 0 Å². The molecule has 128 valence electrons. The molecule has 3 atom stereocenters. The molecule has 0 saturated heterocycles. The molecule has 0 rings (SSSR count). The molecule has 0 bridgehead atoms. The minimum Gasteiger partial charge on any atom is -0.480 e. The zero-order valence-corrected chi connectivity index (χ0v) is 14.0. The second-order valence-electron chi connectivity index (χ2n) is 4.72. The largest absolute Gasteiger partial charge is 0.480 e. The molecule has 0 spiro atoms. The van der Waals surface area contributed by atoms with Gasteiger partial charge in [-0.15, -0.1) is 0 Å². The molecular formula is C12H24N4O4S2. The number of carbonyl (C=O) groups is 3. The fourth-order valence-corrected chi connectivity index (χ4v) is 2.07. The van der Waals surface area contributed by atoms with Gasteiger partial charge in [0.2, 0.25) is 11.8 Å². The SMILES string of the molecule is NCCCCC(N)C(=O)NC(CS)C(=O)NC(CS)C(=O)O. The van der Waals surface area contributed by atoms with Crippen molar-refractivity contribution in [2.45, 2.75) is 37.4 Å². The molecule has 3 unspecified atom stereocenters. The first-order valence-electron chi connectivity index (χ1n) is 6.88. The molecule has 0 fully saturated rings. The summed E-state index contributed by atoms with van der Waals surface area (Å²) in [7, 11) is 0. The van der Waals surface area contributed by atoms with Gasteiger partial charge in [-0.25, -0.2) is 4.79 Å². The Hall–Kier alpha value is -0.970. The van der Waals surface area contributed by atoms with E-state index in [-0.39, 0.29) is 11.5 Å². The number of nitrogens with two attached hydrogens (primary N) is 2. The minimum absolute atomic E-state index is 0.0198. The third-order valence-corrected chi connectivity index (χ3v) is 3.65. The van der Waals surface area contributed by atoms with E-state index in [0.29, 0.717) is 19.4 Å². The molecule has 0 aliphatic carbocycles. The average molecular weight is 352 g/mol. The van der Waals surface area contributed by atoms with Crippen LogP contribution < -0.4 is 22.1 Å². The minimum atomic E-state index is -1.20. The second kappa shape index (κ2) is 11.6. The van der Waals surface area contributed by atoms with Gasteiger partial charge in [0, 0.05) is 11.5 Å². The van der Waals surface area contributed by atoms with E-state index in [2.05, 4.69) is 35.9 Å². The van der Waals surface area contributed by atoms with E-state index in [0.717, 1.165) is 6.42 Å². The topological polar surface area (TPSA) is 148 Å². The first-order chi connectivity index (χ1) is 10.4. The Balaban J connectivity index is 4.47. The molecule has 8 nitrogen and oxygen atoms in total. The number of hydrogen-bond donors (Lipinski definition) is 7. The van der Waals surface area contributed by atoms with Crippen molar-refractivity contribution in [2.24, 2.45) is 11.5 Å². The van der Waals surface area contributed by atoms with Crippen molar-refractivity contribution in [3.05, 3.63) is 0 Å². The van der Waals surface area contributed by atoms with Crippen molar-refractivity contribution < 1.29 is 19.5 Å². The molecule has 0 saturated carbocycles. The predicted octanol–water partition coefficient (Wildman–Crippen LogP) is -1.64. The number of thiol groups is 2. The molecule has 0 heterocycles. The van der Waals surface area contributed by atoms with Crippen LogP contribution in [0.25, 0.3) is 0 Å². The lowest BCUT2D eigenvalue weighted by Crippen LogP contribution is -2.55. The number of hydrogen-bond acceptors (Lipinski definition) is 7.